The second-order valence-corrected chi connectivity index (χ2v) is 6.51. The lowest BCUT2D eigenvalue weighted by Gasteiger charge is -2.24. The first-order chi connectivity index (χ1) is 9.78. The second kappa shape index (κ2) is 5.76. The fraction of sp³-hybridized carbons (Fsp3) is 0.500. The Kier molecular flexibility index (Phi) is 4.21. The largest absolute Gasteiger partial charge is 0.398 e. The van der Waals surface area contributed by atoms with E-state index in [9.17, 15) is 9.59 Å². The van der Waals surface area contributed by atoms with Gasteiger partial charge in [0.25, 0.3) is 0 Å². The van der Waals surface area contributed by atoms with Gasteiger partial charge in [-0.25, -0.2) is 0 Å². The van der Waals surface area contributed by atoms with Gasteiger partial charge < -0.3 is 16.4 Å². The van der Waals surface area contributed by atoms with Crippen LogP contribution in [0.2, 0.25) is 0 Å². The lowest BCUT2D eigenvalue weighted by molar-refractivity contribution is -0.131. The summed E-state index contributed by atoms with van der Waals surface area (Å²) in [7, 11) is 0. The van der Waals surface area contributed by atoms with E-state index in [1.54, 1.807) is 18.2 Å². The predicted molar refractivity (Wildman–Crippen MR) is 82.4 cm³/mol. The van der Waals surface area contributed by atoms with Gasteiger partial charge in [0, 0.05) is 30.8 Å². The smallest absolute Gasteiger partial charge is 0.248 e. The Bertz CT molecular complexity index is 567. The summed E-state index contributed by atoms with van der Waals surface area (Å²) >= 11 is 0. The van der Waals surface area contributed by atoms with Crippen LogP contribution in [0.25, 0.3) is 0 Å². The molecule has 2 amide bonds. The van der Waals surface area contributed by atoms with E-state index in [1.165, 1.54) is 0 Å². The molecule has 0 unspecified atom stereocenters. The third kappa shape index (κ3) is 3.74. The van der Waals surface area contributed by atoms with Crippen molar-refractivity contribution in [2.45, 2.75) is 39.7 Å². The fourth-order valence-corrected chi connectivity index (χ4v) is 2.56. The highest BCUT2D eigenvalue weighted by atomic mass is 16.2. The first-order valence-corrected chi connectivity index (χ1v) is 7.24. The van der Waals surface area contributed by atoms with Gasteiger partial charge in [-0.05, 0) is 36.0 Å². The van der Waals surface area contributed by atoms with Gasteiger partial charge in [-0.1, -0.05) is 19.9 Å². The van der Waals surface area contributed by atoms with Gasteiger partial charge in [-0.2, -0.15) is 0 Å². The number of likely N-dealkylation sites (tertiary alicyclic amines) is 1. The van der Waals surface area contributed by atoms with Crippen molar-refractivity contribution in [3.05, 3.63) is 29.3 Å². The Labute approximate surface area is 125 Å². The van der Waals surface area contributed by atoms with Crippen molar-refractivity contribution in [1.82, 2.24) is 4.90 Å². The van der Waals surface area contributed by atoms with Crippen LogP contribution in [0.1, 0.15) is 49.0 Å². The zero-order valence-electron chi connectivity index (χ0n) is 12.7. The number of nitrogens with zero attached hydrogens (tertiary/aromatic N) is 1. The molecule has 0 aromatic heterocycles. The van der Waals surface area contributed by atoms with Gasteiger partial charge in [0.1, 0.15) is 0 Å². The van der Waals surface area contributed by atoms with E-state index in [0.29, 0.717) is 24.2 Å². The molecule has 1 aromatic carbocycles. The summed E-state index contributed by atoms with van der Waals surface area (Å²) < 4.78 is 0. The normalized spacial score (nSPS) is 18.4. The van der Waals surface area contributed by atoms with Crippen LogP contribution in [0.3, 0.4) is 0 Å². The first-order valence-electron chi connectivity index (χ1n) is 7.24. The zero-order valence-corrected chi connectivity index (χ0v) is 12.7. The molecule has 5 nitrogen and oxygen atoms in total. The van der Waals surface area contributed by atoms with E-state index in [2.05, 4.69) is 13.8 Å². The summed E-state index contributed by atoms with van der Waals surface area (Å²) in [6.45, 7) is 5.61. The van der Waals surface area contributed by atoms with Gasteiger partial charge in [0.15, 0.2) is 0 Å². The quantitative estimate of drug-likeness (QED) is 0.833. The molecule has 0 saturated carbocycles. The van der Waals surface area contributed by atoms with Crippen molar-refractivity contribution in [3.8, 4) is 0 Å². The molecule has 0 bridgehead atoms. The Hall–Kier alpha value is -2.04. The van der Waals surface area contributed by atoms with Crippen molar-refractivity contribution >= 4 is 17.5 Å². The Morgan fingerprint density at radius 1 is 1.33 bits per heavy atom. The summed E-state index contributed by atoms with van der Waals surface area (Å²) in [6, 6.07) is 5.00. The molecular weight excluding hydrogens is 266 g/mol. The zero-order chi connectivity index (χ0) is 15.6. The number of nitrogen functional groups attached to an aromatic ring is 1. The molecule has 1 saturated heterocycles. The highest BCUT2D eigenvalue weighted by Gasteiger charge is 2.27. The van der Waals surface area contributed by atoms with Crippen LogP contribution in [0, 0.1) is 5.41 Å². The highest BCUT2D eigenvalue weighted by molar-refractivity contribution is 5.93. The SMILES string of the molecule is CC1(C)CCC(=O)N(Cc2ccc(C(N)=O)cc2N)CC1. The van der Waals surface area contributed by atoms with Crippen LogP contribution in [-0.2, 0) is 11.3 Å². The van der Waals surface area contributed by atoms with Gasteiger partial charge in [-0.15, -0.1) is 0 Å². The minimum Gasteiger partial charge on any atom is -0.398 e. The number of carbonyl (C=O) groups is 2. The van der Waals surface area contributed by atoms with Gasteiger partial charge in [0.05, 0.1) is 0 Å². The molecule has 1 fully saturated rings. The minimum absolute atomic E-state index is 0.166. The maximum absolute atomic E-state index is 12.2. The summed E-state index contributed by atoms with van der Waals surface area (Å²) in [5.74, 6) is -0.334. The van der Waals surface area contributed by atoms with Crippen LogP contribution < -0.4 is 11.5 Å². The molecular formula is C16H23N3O2. The number of benzene rings is 1. The van der Waals surface area contributed by atoms with Crippen LogP contribution >= 0.6 is 0 Å². The average molecular weight is 289 g/mol. The lowest BCUT2D eigenvalue weighted by Crippen LogP contribution is -2.30. The Morgan fingerprint density at radius 2 is 2.05 bits per heavy atom. The number of carbonyl (C=O) groups excluding carboxylic acids is 2. The molecule has 0 radical (unpaired) electrons. The summed E-state index contributed by atoms with van der Waals surface area (Å²) in [5.41, 5.74) is 13.1. The van der Waals surface area contributed by atoms with E-state index in [4.69, 9.17) is 11.5 Å². The Balaban J connectivity index is 2.14. The maximum atomic E-state index is 12.2. The molecule has 2 rings (SSSR count). The number of hydrogen-bond donors (Lipinski definition) is 2. The van der Waals surface area contributed by atoms with E-state index in [0.717, 1.165) is 24.9 Å². The number of primary amides is 1. The van der Waals surface area contributed by atoms with Crippen molar-refractivity contribution < 1.29 is 9.59 Å². The summed E-state index contributed by atoms with van der Waals surface area (Å²) in [5, 5.41) is 0. The van der Waals surface area contributed by atoms with Crippen LogP contribution in [0.5, 0.6) is 0 Å². The van der Waals surface area contributed by atoms with Crippen molar-refractivity contribution in [3.63, 3.8) is 0 Å². The molecule has 1 heterocycles. The molecule has 114 valence electrons. The fourth-order valence-electron chi connectivity index (χ4n) is 2.56. The maximum Gasteiger partial charge on any atom is 0.248 e. The van der Waals surface area contributed by atoms with Crippen molar-refractivity contribution in [2.24, 2.45) is 11.1 Å². The average Bonchev–Trinajstić information content (AvgIpc) is 2.53. The highest BCUT2D eigenvalue weighted by Crippen LogP contribution is 2.31. The second-order valence-electron chi connectivity index (χ2n) is 6.51. The van der Waals surface area contributed by atoms with Crippen LogP contribution in [-0.4, -0.2) is 23.3 Å². The number of nitrogens with two attached hydrogens (primary N) is 2. The summed E-state index contributed by atoms with van der Waals surface area (Å²) in [6.07, 6.45) is 2.47. The minimum atomic E-state index is -0.499. The molecule has 21 heavy (non-hydrogen) atoms. The van der Waals surface area contributed by atoms with E-state index < -0.39 is 5.91 Å². The standard InChI is InChI=1S/C16H23N3O2/c1-16(2)6-5-14(20)19(8-7-16)10-12-4-3-11(15(18)21)9-13(12)17/h3-4,9H,5-8,10,17H2,1-2H3,(H2,18,21). The molecule has 4 N–H and O–H groups in total. The molecule has 0 spiro atoms. The van der Waals surface area contributed by atoms with Gasteiger partial charge in [-0.3, -0.25) is 9.59 Å². The van der Waals surface area contributed by atoms with Gasteiger partial charge in [0.2, 0.25) is 11.8 Å². The topological polar surface area (TPSA) is 89.4 Å². The van der Waals surface area contributed by atoms with Crippen molar-refractivity contribution in [1.29, 1.82) is 0 Å². The number of amides is 2. The molecule has 1 aromatic rings. The predicted octanol–water partition coefficient (Wildman–Crippen LogP) is 1.91. The third-order valence-corrected chi connectivity index (χ3v) is 4.22. The van der Waals surface area contributed by atoms with E-state index >= 15 is 0 Å². The van der Waals surface area contributed by atoms with Crippen LogP contribution in [0.15, 0.2) is 18.2 Å². The first kappa shape index (κ1) is 15.4. The third-order valence-electron chi connectivity index (χ3n) is 4.22. The van der Waals surface area contributed by atoms with E-state index in [-0.39, 0.29) is 11.3 Å². The Morgan fingerprint density at radius 3 is 2.67 bits per heavy atom. The van der Waals surface area contributed by atoms with E-state index in [1.807, 2.05) is 4.90 Å². The number of anilines is 1. The molecule has 0 atom stereocenters. The van der Waals surface area contributed by atoms with Crippen LogP contribution in [0.4, 0.5) is 5.69 Å². The molecule has 1 aliphatic rings. The molecule has 0 aliphatic carbocycles. The van der Waals surface area contributed by atoms with Crippen molar-refractivity contribution in [2.75, 3.05) is 12.3 Å². The monoisotopic (exact) mass is 289 g/mol. The van der Waals surface area contributed by atoms with Gasteiger partial charge >= 0.3 is 0 Å². The summed E-state index contributed by atoms with van der Waals surface area (Å²) in [4.78, 5) is 25.2. The number of rotatable bonds is 3. The molecule has 1 aliphatic heterocycles. The number of hydrogen-bond acceptors (Lipinski definition) is 3. The lowest BCUT2D eigenvalue weighted by atomic mass is 9.85. The molecule has 5 heteroatoms.